The Morgan fingerprint density at radius 3 is 2.70 bits per heavy atom. The van der Waals surface area contributed by atoms with E-state index in [0.717, 1.165) is 41.8 Å². The third kappa shape index (κ3) is 2.90. The minimum atomic E-state index is -0.980. The number of rotatable bonds is 5. The van der Waals surface area contributed by atoms with Gasteiger partial charge >= 0.3 is 5.97 Å². The van der Waals surface area contributed by atoms with Gasteiger partial charge in [0.25, 0.3) is 0 Å². The molecule has 0 fully saturated rings. The van der Waals surface area contributed by atoms with E-state index in [1.165, 1.54) is 0 Å². The smallest absolute Gasteiger partial charge is 0.356 e. The van der Waals surface area contributed by atoms with Crippen LogP contribution in [-0.4, -0.2) is 20.9 Å². The standard InChI is InChI=1S/C16H20N2O2/c1-4-5-6-13-10-14(16(19)20)17-18(13)15-9-11(2)7-8-12(15)3/h7-10H,4-6H2,1-3H3,(H,19,20). The maximum absolute atomic E-state index is 11.1. The van der Waals surface area contributed by atoms with E-state index in [4.69, 9.17) is 5.11 Å². The van der Waals surface area contributed by atoms with E-state index < -0.39 is 5.97 Å². The van der Waals surface area contributed by atoms with Gasteiger partial charge in [-0.2, -0.15) is 5.10 Å². The van der Waals surface area contributed by atoms with Crippen molar-refractivity contribution in [2.24, 2.45) is 0 Å². The molecular weight excluding hydrogens is 252 g/mol. The molecule has 20 heavy (non-hydrogen) atoms. The lowest BCUT2D eigenvalue weighted by Gasteiger charge is -2.11. The van der Waals surface area contributed by atoms with Crippen LogP contribution >= 0.6 is 0 Å². The van der Waals surface area contributed by atoms with Gasteiger partial charge in [-0.05, 0) is 49.9 Å². The average Bonchev–Trinajstić information content (AvgIpc) is 2.83. The first-order chi connectivity index (χ1) is 9.52. The van der Waals surface area contributed by atoms with Gasteiger partial charge in [-0.15, -0.1) is 0 Å². The number of aryl methyl sites for hydroxylation is 3. The van der Waals surface area contributed by atoms with Crippen molar-refractivity contribution in [3.05, 3.63) is 46.8 Å². The molecule has 0 aliphatic heterocycles. The van der Waals surface area contributed by atoms with Crippen molar-refractivity contribution < 1.29 is 9.90 Å². The second kappa shape index (κ2) is 5.90. The van der Waals surface area contributed by atoms with Gasteiger partial charge in [0.1, 0.15) is 0 Å². The average molecular weight is 272 g/mol. The van der Waals surface area contributed by atoms with Crippen molar-refractivity contribution in [3.63, 3.8) is 0 Å². The predicted octanol–water partition coefficient (Wildman–Crippen LogP) is 3.53. The number of hydrogen-bond acceptors (Lipinski definition) is 2. The molecule has 1 heterocycles. The van der Waals surface area contributed by atoms with Gasteiger partial charge in [0.2, 0.25) is 0 Å². The highest BCUT2D eigenvalue weighted by molar-refractivity contribution is 5.85. The van der Waals surface area contributed by atoms with Crippen LogP contribution in [0.1, 0.15) is 47.1 Å². The molecule has 0 saturated carbocycles. The summed E-state index contributed by atoms with van der Waals surface area (Å²) in [5, 5.41) is 13.4. The summed E-state index contributed by atoms with van der Waals surface area (Å²) in [4.78, 5) is 11.1. The van der Waals surface area contributed by atoms with Crippen LogP contribution in [-0.2, 0) is 6.42 Å². The molecule has 2 rings (SSSR count). The minimum absolute atomic E-state index is 0.108. The summed E-state index contributed by atoms with van der Waals surface area (Å²) in [6, 6.07) is 7.81. The highest BCUT2D eigenvalue weighted by atomic mass is 16.4. The topological polar surface area (TPSA) is 55.1 Å². The Morgan fingerprint density at radius 1 is 1.30 bits per heavy atom. The zero-order chi connectivity index (χ0) is 14.7. The van der Waals surface area contributed by atoms with E-state index >= 15 is 0 Å². The molecule has 0 saturated heterocycles. The van der Waals surface area contributed by atoms with Gasteiger partial charge in [0.15, 0.2) is 5.69 Å². The van der Waals surface area contributed by atoms with Crippen LogP contribution in [0.25, 0.3) is 5.69 Å². The van der Waals surface area contributed by atoms with Crippen LogP contribution in [0, 0.1) is 13.8 Å². The number of carboxylic acid groups (broad SMARTS) is 1. The SMILES string of the molecule is CCCCc1cc(C(=O)O)nn1-c1cc(C)ccc1C. The van der Waals surface area contributed by atoms with E-state index in [9.17, 15) is 4.79 Å². The molecule has 106 valence electrons. The molecule has 1 aromatic carbocycles. The molecule has 0 aliphatic carbocycles. The number of unbranched alkanes of at least 4 members (excludes halogenated alkanes) is 1. The second-order valence-corrected chi connectivity index (χ2v) is 5.13. The highest BCUT2D eigenvalue weighted by Crippen LogP contribution is 2.20. The molecule has 0 amide bonds. The Bertz CT molecular complexity index is 629. The first-order valence-corrected chi connectivity index (χ1v) is 6.92. The normalized spacial score (nSPS) is 10.8. The van der Waals surface area contributed by atoms with Crippen LogP contribution in [0.4, 0.5) is 0 Å². The molecule has 2 aromatic rings. The first kappa shape index (κ1) is 14.3. The van der Waals surface area contributed by atoms with E-state index in [1.807, 2.05) is 32.0 Å². The molecule has 0 spiro atoms. The Balaban J connectivity index is 2.52. The maximum Gasteiger partial charge on any atom is 0.356 e. The Hall–Kier alpha value is -2.10. The van der Waals surface area contributed by atoms with Crippen molar-refractivity contribution in [1.82, 2.24) is 9.78 Å². The van der Waals surface area contributed by atoms with E-state index in [0.29, 0.717) is 0 Å². The monoisotopic (exact) mass is 272 g/mol. The number of aromatic nitrogens is 2. The summed E-state index contributed by atoms with van der Waals surface area (Å²) in [5.74, 6) is -0.980. The number of benzene rings is 1. The molecule has 0 unspecified atom stereocenters. The van der Waals surface area contributed by atoms with Crippen LogP contribution in [0.5, 0.6) is 0 Å². The largest absolute Gasteiger partial charge is 0.476 e. The quantitative estimate of drug-likeness (QED) is 0.905. The lowest BCUT2D eigenvalue weighted by atomic mass is 10.1. The van der Waals surface area contributed by atoms with Gasteiger partial charge in [-0.1, -0.05) is 25.5 Å². The Kier molecular flexibility index (Phi) is 4.23. The number of carboxylic acids is 1. The molecular formula is C16H20N2O2. The van der Waals surface area contributed by atoms with Crippen LogP contribution in [0.3, 0.4) is 0 Å². The van der Waals surface area contributed by atoms with Gasteiger partial charge in [0, 0.05) is 5.69 Å². The molecule has 4 heteroatoms. The van der Waals surface area contributed by atoms with E-state index in [1.54, 1.807) is 10.7 Å². The van der Waals surface area contributed by atoms with Gasteiger partial charge in [-0.25, -0.2) is 9.48 Å². The molecule has 4 nitrogen and oxygen atoms in total. The summed E-state index contributed by atoms with van der Waals surface area (Å²) in [6.45, 7) is 6.16. The zero-order valence-electron chi connectivity index (χ0n) is 12.2. The minimum Gasteiger partial charge on any atom is -0.476 e. The zero-order valence-corrected chi connectivity index (χ0v) is 12.2. The second-order valence-electron chi connectivity index (χ2n) is 5.13. The number of aromatic carboxylic acids is 1. The van der Waals surface area contributed by atoms with Crippen molar-refractivity contribution in [3.8, 4) is 5.69 Å². The molecule has 0 atom stereocenters. The van der Waals surface area contributed by atoms with E-state index in [-0.39, 0.29) is 5.69 Å². The molecule has 1 N–H and O–H groups in total. The fraction of sp³-hybridized carbons (Fsp3) is 0.375. The molecule has 1 aromatic heterocycles. The molecule has 0 radical (unpaired) electrons. The van der Waals surface area contributed by atoms with E-state index in [2.05, 4.69) is 12.0 Å². The summed E-state index contributed by atoms with van der Waals surface area (Å²) >= 11 is 0. The predicted molar refractivity (Wildman–Crippen MR) is 78.6 cm³/mol. The molecule has 0 bridgehead atoms. The first-order valence-electron chi connectivity index (χ1n) is 6.92. The fourth-order valence-corrected chi connectivity index (χ4v) is 2.22. The van der Waals surface area contributed by atoms with Gasteiger partial charge in [0.05, 0.1) is 5.69 Å². The third-order valence-electron chi connectivity index (χ3n) is 3.38. The summed E-state index contributed by atoms with van der Waals surface area (Å²) in [7, 11) is 0. The fourth-order valence-electron chi connectivity index (χ4n) is 2.22. The van der Waals surface area contributed by atoms with Crippen molar-refractivity contribution in [1.29, 1.82) is 0 Å². The van der Waals surface area contributed by atoms with Crippen molar-refractivity contribution in [2.45, 2.75) is 40.0 Å². The summed E-state index contributed by atoms with van der Waals surface area (Å²) < 4.78 is 1.78. The summed E-state index contributed by atoms with van der Waals surface area (Å²) in [6.07, 6.45) is 2.93. The van der Waals surface area contributed by atoms with Gasteiger partial charge < -0.3 is 5.11 Å². The third-order valence-corrected chi connectivity index (χ3v) is 3.38. The lowest BCUT2D eigenvalue weighted by Crippen LogP contribution is -2.06. The van der Waals surface area contributed by atoms with Gasteiger partial charge in [-0.3, -0.25) is 0 Å². The Labute approximate surface area is 119 Å². The number of hydrogen-bond donors (Lipinski definition) is 1. The van der Waals surface area contributed by atoms with Crippen LogP contribution in [0.15, 0.2) is 24.3 Å². The summed E-state index contributed by atoms with van der Waals surface area (Å²) in [5.41, 5.74) is 4.26. The van der Waals surface area contributed by atoms with Crippen molar-refractivity contribution >= 4 is 5.97 Å². The Morgan fingerprint density at radius 2 is 2.05 bits per heavy atom. The van der Waals surface area contributed by atoms with Crippen LogP contribution < -0.4 is 0 Å². The van der Waals surface area contributed by atoms with Crippen LogP contribution in [0.2, 0.25) is 0 Å². The maximum atomic E-state index is 11.1. The highest BCUT2D eigenvalue weighted by Gasteiger charge is 2.15. The molecule has 0 aliphatic rings. The number of nitrogens with zero attached hydrogens (tertiary/aromatic N) is 2. The lowest BCUT2D eigenvalue weighted by molar-refractivity contribution is 0.0690. The van der Waals surface area contributed by atoms with Crippen molar-refractivity contribution in [2.75, 3.05) is 0 Å². The number of carbonyl (C=O) groups is 1.